The van der Waals surface area contributed by atoms with Gasteiger partial charge in [-0.05, 0) is 53.8 Å². The second kappa shape index (κ2) is 13.8. The molecule has 1 aliphatic rings. The molecule has 0 saturated heterocycles. The Morgan fingerprint density at radius 3 is 2.29 bits per heavy atom. The largest absolute Gasteiger partial charge is 0.365 e. The van der Waals surface area contributed by atoms with E-state index < -0.39 is 5.50 Å². The molecule has 1 aliphatic heterocycles. The first-order valence-electron chi connectivity index (χ1n) is 11.2. The van der Waals surface area contributed by atoms with Gasteiger partial charge in [0.1, 0.15) is 11.6 Å². The van der Waals surface area contributed by atoms with Crippen LogP contribution < -0.4 is 0 Å². The molecule has 0 N–H and O–H groups in total. The molecular formula is C27H27BrCl4N2O. The Morgan fingerprint density at radius 2 is 1.57 bits per heavy atom. The summed E-state index contributed by atoms with van der Waals surface area (Å²) in [5.74, 6) is 0. The van der Waals surface area contributed by atoms with Gasteiger partial charge >= 0.3 is 0 Å². The molecular weight excluding hydrogens is 590 g/mol. The predicted octanol–water partition coefficient (Wildman–Crippen LogP) is 8.73. The van der Waals surface area contributed by atoms with Gasteiger partial charge in [0.05, 0.1) is 13.3 Å². The number of hydrogen-bond donors (Lipinski definition) is 0. The molecule has 0 aromatic heterocycles. The van der Waals surface area contributed by atoms with Crippen molar-refractivity contribution in [3.8, 4) is 0 Å². The maximum Gasteiger partial charge on any atom is 0.135 e. The number of benzene rings is 3. The molecule has 0 spiro atoms. The SMILES string of the molecule is Br.Clc1ccc(C(OCc2ccc(Cl)cc2Cl)C(Cl)N2C=CN(CCCc3ccccc3)C2)cc1. The molecule has 4 rings (SSSR count). The molecule has 186 valence electrons. The average molecular weight is 617 g/mol. The molecule has 35 heavy (non-hydrogen) atoms. The summed E-state index contributed by atoms with van der Waals surface area (Å²) in [6.45, 7) is 1.97. The molecule has 0 radical (unpaired) electrons. The average Bonchev–Trinajstić information content (AvgIpc) is 3.31. The minimum atomic E-state index is -0.414. The van der Waals surface area contributed by atoms with Gasteiger partial charge in [0.25, 0.3) is 0 Å². The van der Waals surface area contributed by atoms with E-state index in [1.807, 2.05) is 42.6 Å². The van der Waals surface area contributed by atoms with Gasteiger partial charge < -0.3 is 14.5 Å². The zero-order valence-corrected chi connectivity index (χ0v) is 23.7. The van der Waals surface area contributed by atoms with Crippen LogP contribution in [0.25, 0.3) is 0 Å². The lowest BCUT2D eigenvalue weighted by Gasteiger charge is -2.31. The first-order chi connectivity index (χ1) is 16.5. The summed E-state index contributed by atoms with van der Waals surface area (Å²) in [6, 6.07) is 23.5. The second-order valence-electron chi connectivity index (χ2n) is 8.25. The maximum atomic E-state index is 6.99. The van der Waals surface area contributed by atoms with Crippen LogP contribution >= 0.6 is 63.4 Å². The fourth-order valence-electron chi connectivity index (χ4n) is 3.90. The molecule has 2 atom stereocenters. The van der Waals surface area contributed by atoms with Gasteiger partial charge in [-0.1, -0.05) is 94.9 Å². The van der Waals surface area contributed by atoms with Gasteiger partial charge in [-0.3, -0.25) is 0 Å². The van der Waals surface area contributed by atoms with Gasteiger partial charge in [-0.25, -0.2) is 0 Å². The van der Waals surface area contributed by atoms with Crippen molar-refractivity contribution in [1.29, 1.82) is 0 Å². The Kier molecular flexibility index (Phi) is 11.1. The van der Waals surface area contributed by atoms with Crippen molar-refractivity contribution in [1.82, 2.24) is 9.80 Å². The van der Waals surface area contributed by atoms with E-state index >= 15 is 0 Å². The van der Waals surface area contributed by atoms with E-state index in [2.05, 4.69) is 40.3 Å². The van der Waals surface area contributed by atoms with Crippen LogP contribution in [0.4, 0.5) is 0 Å². The Bertz CT molecular complexity index is 1100. The summed E-state index contributed by atoms with van der Waals surface area (Å²) in [7, 11) is 0. The molecule has 0 fully saturated rings. The van der Waals surface area contributed by atoms with Crippen molar-refractivity contribution in [2.45, 2.75) is 31.1 Å². The highest BCUT2D eigenvalue weighted by molar-refractivity contribution is 8.93. The Morgan fingerprint density at radius 1 is 0.857 bits per heavy atom. The van der Waals surface area contributed by atoms with Crippen molar-refractivity contribution in [3.05, 3.63) is 117 Å². The maximum absolute atomic E-state index is 6.99. The number of alkyl halides is 1. The highest BCUT2D eigenvalue weighted by Crippen LogP contribution is 2.33. The smallest absolute Gasteiger partial charge is 0.135 e. The molecule has 3 nitrogen and oxygen atoms in total. The third kappa shape index (κ3) is 8.04. The van der Waals surface area contributed by atoms with Crippen LogP contribution in [-0.2, 0) is 17.8 Å². The van der Waals surface area contributed by atoms with E-state index in [0.717, 1.165) is 30.5 Å². The fraction of sp³-hybridized carbons (Fsp3) is 0.259. The Labute approximate surface area is 237 Å². The van der Waals surface area contributed by atoms with Crippen molar-refractivity contribution >= 4 is 63.4 Å². The summed E-state index contributed by atoms with van der Waals surface area (Å²) in [5, 5.41) is 1.83. The summed E-state index contributed by atoms with van der Waals surface area (Å²) in [4.78, 5) is 4.36. The predicted molar refractivity (Wildman–Crippen MR) is 153 cm³/mol. The minimum Gasteiger partial charge on any atom is -0.365 e. The van der Waals surface area contributed by atoms with Crippen molar-refractivity contribution in [2.75, 3.05) is 13.2 Å². The molecule has 2 unspecified atom stereocenters. The molecule has 0 saturated carbocycles. The zero-order valence-electron chi connectivity index (χ0n) is 19.0. The molecule has 0 bridgehead atoms. The molecule has 8 heteroatoms. The summed E-state index contributed by atoms with van der Waals surface area (Å²) >= 11 is 25.5. The molecule has 0 aliphatic carbocycles. The number of ether oxygens (including phenoxy) is 1. The van der Waals surface area contributed by atoms with E-state index in [9.17, 15) is 0 Å². The first kappa shape index (κ1) is 28.2. The molecule has 3 aromatic rings. The van der Waals surface area contributed by atoms with Crippen LogP contribution in [-0.4, -0.2) is 28.5 Å². The van der Waals surface area contributed by atoms with Gasteiger partial charge in [-0.15, -0.1) is 17.0 Å². The van der Waals surface area contributed by atoms with E-state index in [4.69, 9.17) is 51.1 Å². The van der Waals surface area contributed by atoms with Gasteiger partial charge in [-0.2, -0.15) is 0 Å². The number of rotatable bonds is 10. The van der Waals surface area contributed by atoms with Crippen LogP contribution in [0.5, 0.6) is 0 Å². The molecule has 1 heterocycles. The topological polar surface area (TPSA) is 15.7 Å². The Hall–Kier alpha value is -1.40. The van der Waals surface area contributed by atoms with Crippen molar-refractivity contribution < 1.29 is 4.74 Å². The van der Waals surface area contributed by atoms with Crippen molar-refractivity contribution in [3.63, 3.8) is 0 Å². The highest BCUT2D eigenvalue weighted by atomic mass is 79.9. The number of nitrogens with zero attached hydrogens (tertiary/aromatic N) is 2. The lowest BCUT2D eigenvalue weighted by molar-refractivity contribution is 0.00682. The third-order valence-electron chi connectivity index (χ3n) is 5.77. The van der Waals surface area contributed by atoms with Gasteiger partial charge in [0, 0.05) is 34.0 Å². The zero-order chi connectivity index (χ0) is 23.9. The Balaban J connectivity index is 0.00000342. The van der Waals surface area contributed by atoms with E-state index in [0.29, 0.717) is 28.3 Å². The summed E-state index contributed by atoms with van der Waals surface area (Å²) < 4.78 is 6.33. The van der Waals surface area contributed by atoms with Crippen LogP contribution in [0.3, 0.4) is 0 Å². The standard InChI is InChI=1S/C27H26Cl4N2O.BrH/c28-23-11-8-21(9-12-23)26(34-18-22-10-13-24(29)17-25(22)30)27(31)33-16-15-32(19-33)14-4-7-20-5-2-1-3-6-20;/h1-3,5-6,8-13,15-17,26-27H,4,7,14,18-19H2;1H. The minimum absolute atomic E-state index is 0. The van der Waals surface area contributed by atoms with Crippen LogP contribution in [0.15, 0.2) is 85.2 Å². The van der Waals surface area contributed by atoms with Crippen molar-refractivity contribution in [2.24, 2.45) is 0 Å². The monoisotopic (exact) mass is 614 g/mol. The molecule has 3 aromatic carbocycles. The lowest BCUT2D eigenvalue weighted by Crippen LogP contribution is -2.36. The first-order valence-corrected chi connectivity index (χ1v) is 12.7. The fourth-order valence-corrected chi connectivity index (χ4v) is 4.83. The van der Waals surface area contributed by atoms with Gasteiger partial charge in [0.15, 0.2) is 0 Å². The van der Waals surface area contributed by atoms with Crippen LogP contribution in [0, 0.1) is 0 Å². The number of hydrogen-bond acceptors (Lipinski definition) is 3. The van der Waals surface area contributed by atoms with E-state index in [1.165, 1.54) is 5.56 Å². The molecule has 0 amide bonds. The second-order valence-corrected chi connectivity index (χ2v) is 9.97. The highest BCUT2D eigenvalue weighted by Gasteiger charge is 2.29. The summed E-state index contributed by atoms with van der Waals surface area (Å²) in [5.41, 5.74) is 2.75. The van der Waals surface area contributed by atoms with Crippen LogP contribution in [0.1, 0.15) is 29.2 Å². The number of halogens is 5. The van der Waals surface area contributed by atoms with Crippen LogP contribution in [0.2, 0.25) is 15.1 Å². The third-order valence-corrected chi connectivity index (χ3v) is 7.08. The van der Waals surface area contributed by atoms with E-state index in [1.54, 1.807) is 12.1 Å². The number of aryl methyl sites for hydroxylation is 1. The lowest BCUT2D eigenvalue weighted by atomic mass is 10.1. The van der Waals surface area contributed by atoms with Gasteiger partial charge in [0.2, 0.25) is 0 Å². The summed E-state index contributed by atoms with van der Waals surface area (Å²) in [6.07, 6.45) is 5.85. The quantitative estimate of drug-likeness (QED) is 0.167. The normalized spacial score (nSPS) is 14.6. The van der Waals surface area contributed by atoms with E-state index in [-0.39, 0.29) is 23.1 Å².